The number of hydrogen-bond donors (Lipinski definition) is 0. The van der Waals surface area contributed by atoms with Gasteiger partial charge in [0, 0.05) is 5.56 Å². The Bertz CT molecular complexity index is 1240. The van der Waals surface area contributed by atoms with E-state index >= 15 is 0 Å². The quantitative estimate of drug-likeness (QED) is 0.442. The number of aromatic nitrogens is 4. The van der Waals surface area contributed by atoms with Gasteiger partial charge in [-0.25, -0.2) is 4.39 Å². The van der Waals surface area contributed by atoms with Crippen LogP contribution in [-0.2, 0) is 17.9 Å². The maximum atomic E-state index is 14.0. The molecule has 0 radical (unpaired) electrons. The van der Waals surface area contributed by atoms with Crippen LogP contribution in [0.4, 0.5) is 4.39 Å². The van der Waals surface area contributed by atoms with Crippen molar-refractivity contribution in [3.63, 3.8) is 0 Å². The van der Waals surface area contributed by atoms with Crippen molar-refractivity contribution in [1.29, 1.82) is 0 Å². The highest BCUT2D eigenvalue weighted by Gasteiger charge is 2.24. The Morgan fingerprint density at radius 1 is 1.16 bits per heavy atom. The predicted octanol–water partition coefficient (Wildman–Crippen LogP) is 4.42. The van der Waals surface area contributed by atoms with Crippen LogP contribution >= 0.6 is 0 Å². The van der Waals surface area contributed by atoms with Gasteiger partial charge in [0.15, 0.2) is 17.3 Å². The monoisotopic (exact) mass is 436 g/mol. The van der Waals surface area contributed by atoms with Gasteiger partial charge in [-0.3, -0.25) is 4.68 Å². The molecule has 4 aromatic rings. The second-order valence-corrected chi connectivity index (χ2v) is 7.28. The number of benzene rings is 2. The van der Waals surface area contributed by atoms with Gasteiger partial charge in [0.05, 0.1) is 32.6 Å². The summed E-state index contributed by atoms with van der Waals surface area (Å²) in [6.45, 7) is 3.56. The minimum Gasteiger partial charge on any atom is -0.494 e. The fourth-order valence-corrected chi connectivity index (χ4v) is 3.63. The lowest BCUT2D eigenvalue weighted by molar-refractivity contribution is -0.00115. The van der Waals surface area contributed by atoms with Gasteiger partial charge >= 0.3 is 0 Å². The van der Waals surface area contributed by atoms with E-state index in [2.05, 4.69) is 15.2 Å². The van der Waals surface area contributed by atoms with Crippen LogP contribution in [0.25, 0.3) is 23.0 Å². The molecular formula is C23H21FN4O4. The summed E-state index contributed by atoms with van der Waals surface area (Å²) >= 11 is 0. The van der Waals surface area contributed by atoms with Crippen LogP contribution in [0.15, 0.2) is 53.1 Å². The maximum Gasteiger partial charge on any atom is 0.278 e. The van der Waals surface area contributed by atoms with Crippen LogP contribution in [-0.4, -0.2) is 33.6 Å². The molecule has 1 aliphatic heterocycles. The minimum atomic E-state index is -0.494. The van der Waals surface area contributed by atoms with E-state index < -0.39 is 5.82 Å². The van der Waals surface area contributed by atoms with Crippen molar-refractivity contribution in [1.82, 2.24) is 19.9 Å². The van der Waals surface area contributed by atoms with Crippen molar-refractivity contribution in [3.05, 3.63) is 65.6 Å². The summed E-state index contributed by atoms with van der Waals surface area (Å²) < 4.78 is 37.7. The fourth-order valence-electron chi connectivity index (χ4n) is 3.63. The Hall–Kier alpha value is -3.72. The summed E-state index contributed by atoms with van der Waals surface area (Å²) in [6.07, 6.45) is -0.119. The van der Waals surface area contributed by atoms with E-state index in [4.69, 9.17) is 18.7 Å². The van der Waals surface area contributed by atoms with Gasteiger partial charge in [-0.2, -0.15) is 10.1 Å². The van der Waals surface area contributed by atoms with Gasteiger partial charge < -0.3 is 18.7 Å². The smallest absolute Gasteiger partial charge is 0.278 e. The molecule has 0 amide bonds. The summed E-state index contributed by atoms with van der Waals surface area (Å²) in [7, 11) is 1.41. The molecule has 5 rings (SSSR count). The highest BCUT2D eigenvalue weighted by atomic mass is 19.1. The van der Waals surface area contributed by atoms with Crippen molar-refractivity contribution >= 4 is 0 Å². The van der Waals surface area contributed by atoms with Crippen LogP contribution in [0, 0.1) is 5.82 Å². The lowest BCUT2D eigenvalue weighted by Crippen LogP contribution is -2.21. The van der Waals surface area contributed by atoms with Crippen LogP contribution in [0.2, 0.25) is 0 Å². The Morgan fingerprint density at radius 2 is 2.00 bits per heavy atom. The maximum absolute atomic E-state index is 14.0. The van der Waals surface area contributed by atoms with E-state index in [0.717, 1.165) is 17.0 Å². The summed E-state index contributed by atoms with van der Waals surface area (Å²) in [4.78, 5) is 4.38. The van der Waals surface area contributed by atoms with Crippen LogP contribution < -0.4 is 9.47 Å². The summed E-state index contributed by atoms with van der Waals surface area (Å²) in [5.41, 5.74) is 3.00. The largest absolute Gasteiger partial charge is 0.494 e. The first-order chi connectivity index (χ1) is 15.6. The molecule has 1 atom stereocenters. The lowest BCUT2D eigenvalue weighted by atomic mass is 10.1. The molecule has 9 heteroatoms. The van der Waals surface area contributed by atoms with E-state index in [9.17, 15) is 4.39 Å². The third kappa shape index (κ3) is 3.82. The van der Waals surface area contributed by atoms with Gasteiger partial charge in [-0.15, -0.1) is 0 Å². The van der Waals surface area contributed by atoms with Crippen LogP contribution in [0.1, 0.15) is 24.3 Å². The fraction of sp³-hybridized carbons (Fsp3) is 0.261. The van der Waals surface area contributed by atoms with Crippen LogP contribution in [0.3, 0.4) is 0 Å². The van der Waals surface area contributed by atoms with E-state index in [-0.39, 0.29) is 23.6 Å². The average molecular weight is 436 g/mol. The topological polar surface area (TPSA) is 84.4 Å². The summed E-state index contributed by atoms with van der Waals surface area (Å²) in [5.74, 6) is 1.03. The highest BCUT2D eigenvalue weighted by Crippen LogP contribution is 2.30. The van der Waals surface area contributed by atoms with Crippen LogP contribution in [0.5, 0.6) is 11.5 Å². The summed E-state index contributed by atoms with van der Waals surface area (Å²) in [5, 5.41) is 8.58. The molecule has 2 aromatic heterocycles. The Balaban J connectivity index is 1.34. The molecule has 3 heterocycles. The zero-order chi connectivity index (χ0) is 22.1. The first-order valence-electron chi connectivity index (χ1n) is 10.2. The average Bonchev–Trinajstić information content (AvgIpc) is 3.46. The minimum absolute atomic E-state index is 0.119. The van der Waals surface area contributed by atoms with Gasteiger partial charge in [-0.05, 0) is 48.9 Å². The second kappa shape index (κ2) is 8.43. The van der Waals surface area contributed by atoms with Gasteiger partial charge in [0.2, 0.25) is 5.82 Å². The Morgan fingerprint density at radius 3 is 2.75 bits per heavy atom. The second-order valence-electron chi connectivity index (χ2n) is 7.28. The third-order valence-electron chi connectivity index (χ3n) is 5.25. The van der Waals surface area contributed by atoms with Crippen molar-refractivity contribution in [2.45, 2.75) is 26.2 Å². The van der Waals surface area contributed by atoms with E-state index in [1.165, 1.54) is 19.2 Å². The SMILES string of the molecule is CCOc1ccc(C2Cn3nc(-c4nc(-c5ccc(OC)c(F)c5)no4)cc3CO2)cc1. The molecule has 8 nitrogen and oxygen atoms in total. The molecule has 0 N–H and O–H groups in total. The Labute approximate surface area is 183 Å². The molecule has 0 aliphatic carbocycles. The standard InChI is InChI=1S/C23H21FN4O4/c1-3-30-17-7-4-14(5-8-17)21-12-28-16(13-31-21)11-19(26-28)23-25-22(27-32-23)15-6-9-20(29-2)18(24)10-15/h4-11,21H,3,12-13H2,1-2H3. The van der Waals surface area contributed by atoms with E-state index in [1.807, 2.05) is 41.9 Å². The number of hydrogen-bond acceptors (Lipinski definition) is 7. The number of rotatable bonds is 6. The molecule has 0 saturated carbocycles. The normalized spacial score (nSPS) is 15.4. The number of methoxy groups -OCH3 is 1. The lowest BCUT2D eigenvalue weighted by Gasteiger charge is -2.24. The molecule has 164 valence electrons. The molecule has 1 aliphatic rings. The third-order valence-corrected chi connectivity index (χ3v) is 5.25. The molecule has 0 spiro atoms. The van der Waals surface area contributed by atoms with E-state index in [0.29, 0.717) is 31.0 Å². The molecule has 0 bridgehead atoms. The number of fused-ring (bicyclic) bond motifs is 1. The molecule has 0 saturated heterocycles. The zero-order valence-corrected chi connectivity index (χ0v) is 17.6. The van der Waals surface area contributed by atoms with Gasteiger partial charge in [0.25, 0.3) is 5.89 Å². The number of halogens is 1. The molecule has 2 aromatic carbocycles. The van der Waals surface area contributed by atoms with Crippen molar-refractivity contribution in [2.75, 3.05) is 13.7 Å². The van der Waals surface area contributed by atoms with Gasteiger partial charge in [-0.1, -0.05) is 17.3 Å². The van der Waals surface area contributed by atoms with E-state index in [1.54, 1.807) is 6.07 Å². The number of nitrogens with zero attached hydrogens (tertiary/aromatic N) is 4. The molecule has 32 heavy (non-hydrogen) atoms. The van der Waals surface area contributed by atoms with Crippen molar-refractivity contribution < 1.29 is 23.1 Å². The number of ether oxygens (including phenoxy) is 3. The zero-order valence-electron chi connectivity index (χ0n) is 17.6. The molecule has 0 fully saturated rings. The van der Waals surface area contributed by atoms with Gasteiger partial charge in [0.1, 0.15) is 11.9 Å². The first-order valence-corrected chi connectivity index (χ1v) is 10.2. The predicted molar refractivity (Wildman–Crippen MR) is 113 cm³/mol. The first kappa shape index (κ1) is 20.2. The van der Waals surface area contributed by atoms with Crippen molar-refractivity contribution in [2.24, 2.45) is 0 Å². The Kier molecular flexibility index (Phi) is 5.32. The summed E-state index contributed by atoms with van der Waals surface area (Å²) in [6, 6.07) is 14.2. The van der Waals surface area contributed by atoms with Crippen molar-refractivity contribution in [3.8, 4) is 34.5 Å². The highest BCUT2D eigenvalue weighted by molar-refractivity contribution is 5.59. The molecular weight excluding hydrogens is 415 g/mol. The molecule has 1 unspecified atom stereocenters.